The molecule has 1 aromatic rings. The first kappa shape index (κ1) is 18.4. The average molecular weight is 360 g/mol. The van der Waals surface area contributed by atoms with E-state index < -0.39 is 10.0 Å². The molecule has 1 N–H and O–H groups in total. The van der Waals surface area contributed by atoms with Crippen LogP contribution in [0, 0.1) is 5.92 Å². The number of rotatable bonds is 7. The summed E-state index contributed by atoms with van der Waals surface area (Å²) in [5.74, 6) is -0.285. The third-order valence-electron chi connectivity index (χ3n) is 3.93. The van der Waals surface area contributed by atoms with Crippen molar-refractivity contribution >= 4 is 27.3 Å². The molecular weight excluding hydrogens is 334 g/mol. The monoisotopic (exact) mass is 359 g/mol. The molecular formula is C15H25N3O3S2. The van der Waals surface area contributed by atoms with Crippen LogP contribution in [0.2, 0.25) is 0 Å². The first-order chi connectivity index (χ1) is 10.9. The van der Waals surface area contributed by atoms with Crippen molar-refractivity contribution in [1.29, 1.82) is 0 Å². The van der Waals surface area contributed by atoms with Crippen LogP contribution >= 0.6 is 11.3 Å². The van der Waals surface area contributed by atoms with Crippen LogP contribution in [0.15, 0.2) is 21.7 Å². The molecule has 0 spiro atoms. The molecule has 2 heterocycles. The number of carbonyl (C=O) groups is 1. The number of nitrogens with zero attached hydrogens (tertiary/aromatic N) is 2. The molecule has 1 fully saturated rings. The summed E-state index contributed by atoms with van der Waals surface area (Å²) in [5.41, 5.74) is 0. The van der Waals surface area contributed by atoms with Gasteiger partial charge in [-0.05, 0) is 51.3 Å². The van der Waals surface area contributed by atoms with Crippen LogP contribution in [0.3, 0.4) is 0 Å². The van der Waals surface area contributed by atoms with E-state index in [2.05, 4.69) is 10.2 Å². The number of sulfonamides is 1. The number of nitrogens with one attached hydrogen (secondary N) is 1. The molecule has 0 bridgehead atoms. The van der Waals surface area contributed by atoms with E-state index in [9.17, 15) is 13.2 Å². The maximum atomic E-state index is 12.6. The lowest BCUT2D eigenvalue weighted by Crippen LogP contribution is -2.45. The summed E-state index contributed by atoms with van der Waals surface area (Å²) in [6, 6.07) is 3.35. The number of piperidine rings is 1. The van der Waals surface area contributed by atoms with E-state index >= 15 is 0 Å². The number of hydrogen-bond acceptors (Lipinski definition) is 5. The minimum Gasteiger partial charge on any atom is -0.356 e. The summed E-state index contributed by atoms with van der Waals surface area (Å²) < 4.78 is 26.9. The van der Waals surface area contributed by atoms with Crippen LogP contribution in [0.1, 0.15) is 19.3 Å². The van der Waals surface area contributed by atoms with E-state index in [0.29, 0.717) is 17.3 Å². The third-order valence-corrected chi connectivity index (χ3v) is 7.16. The van der Waals surface area contributed by atoms with Crippen LogP contribution < -0.4 is 5.32 Å². The number of thiophene rings is 1. The van der Waals surface area contributed by atoms with Crippen LogP contribution in [0.4, 0.5) is 0 Å². The van der Waals surface area contributed by atoms with Gasteiger partial charge in [-0.1, -0.05) is 6.07 Å². The molecule has 0 unspecified atom stereocenters. The minimum atomic E-state index is -3.46. The largest absolute Gasteiger partial charge is 0.356 e. The molecule has 1 aliphatic rings. The van der Waals surface area contributed by atoms with Crippen molar-refractivity contribution in [2.45, 2.75) is 23.5 Å². The normalized spacial score (nSPS) is 19.9. The highest BCUT2D eigenvalue weighted by molar-refractivity contribution is 7.91. The van der Waals surface area contributed by atoms with Gasteiger partial charge in [-0.15, -0.1) is 11.3 Å². The number of hydrogen-bond donors (Lipinski definition) is 1. The zero-order valence-corrected chi connectivity index (χ0v) is 15.3. The topological polar surface area (TPSA) is 69.7 Å². The SMILES string of the molecule is CN(C)CCCNC(=O)[C@H]1CCCN(S(=O)(=O)c2cccs2)C1. The molecule has 1 atom stereocenters. The standard InChI is InChI=1S/C15H25N3O3S2/c1-17(2)9-5-8-16-15(19)13-6-3-10-18(12-13)23(20,21)14-7-4-11-22-14/h4,7,11,13H,3,5-6,8-10,12H2,1-2H3,(H,16,19)/t13-/m0/s1. The van der Waals surface area contributed by atoms with Gasteiger partial charge in [0, 0.05) is 19.6 Å². The lowest BCUT2D eigenvalue weighted by molar-refractivity contribution is -0.126. The van der Waals surface area contributed by atoms with E-state index in [1.807, 2.05) is 14.1 Å². The molecule has 1 aromatic heterocycles. The van der Waals surface area contributed by atoms with Gasteiger partial charge in [0.15, 0.2) is 0 Å². The van der Waals surface area contributed by atoms with Crippen LogP contribution in [-0.2, 0) is 14.8 Å². The van der Waals surface area contributed by atoms with Crippen molar-refractivity contribution in [3.63, 3.8) is 0 Å². The summed E-state index contributed by atoms with van der Waals surface area (Å²) >= 11 is 1.22. The molecule has 0 aliphatic carbocycles. The fourth-order valence-electron chi connectivity index (χ4n) is 2.66. The highest BCUT2D eigenvalue weighted by Gasteiger charge is 2.33. The fraction of sp³-hybridized carbons (Fsp3) is 0.667. The zero-order valence-electron chi connectivity index (χ0n) is 13.7. The van der Waals surface area contributed by atoms with Gasteiger partial charge in [-0.3, -0.25) is 4.79 Å². The molecule has 6 nitrogen and oxygen atoms in total. The number of carbonyl (C=O) groups excluding carboxylic acids is 1. The second kappa shape index (κ2) is 8.23. The Morgan fingerprint density at radius 3 is 2.91 bits per heavy atom. The molecule has 1 saturated heterocycles. The predicted octanol–water partition coefficient (Wildman–Crippen LogP) is 1.22. The molecule has 23 heavy (non-hydrogen) atoms. The van der Waals surface area contributed by atoms with Crippen molar-refractivity contribution in [3.8, 4) is 0 Å². The Kier molecular flexibility index (Phi) is 6.58. The van der Waals surface area contributed by atoms with Gasteiger partial charge < -0.3 is 10.2 Å². The Bertz CT molecular complexity index is 599. The molecule has 1 aliphatic heterocycles. The Labute approximate surface area is 142 Å². The number of amides is 1. The first-order valence-electron chi connectivity index (χ1n) is 7.87. The first-order valence-corrected chi connectivity index (χ1v) is 10.2. The highest BCUT2D eigenvalue weighted by Crippen LogP contribution is 2.26. The van der Waals surface area contributed by atoms with E-state index in [4.69, 9.17) is 0 Å². The molecule has 2 rings (SSSR count). The Hall–Kier alpha value is -0.960. The van der Waals surface area contributed by atoms with Gasteiger partial charge in [-0.25, -0.2) is 8.42 Å². The smallest absolute Gasteiger partial charge is 0.252 e. The van der Waals surface area contributed by atoms with Crippen molar-refractivity contribution in [2.24, 2.45) is 5.92 Å². The molecule has 8 heteroatoms. The summed E-state index contributed by atoms with van der Waals surface area (Å²) in [6.07, 6.45) is 2.36. The maximum Gasteiger partial charge on any atom is 0.252 e. The van der Waals surface area contributed by atoms with E-state index in [1.165, 1.54) is 15.6 Å². The summed E-state index contributed by atoms with van der Waals surface area (Å²) in [7, 11) is 0.536. The van der Waals surface area contributed by atoms with Gasteiger partial charge in [0.1, 0.15) is 4.21 Å². The van der Waals surface area contributed by atoms with Crippen molar-refractivity contribution in [1.82, 2.24) is 14.5 Å². The van der Waals surface area contributed by atoms with Crippen molar-refractivity contribution in [2.75, 3.05) is 40.3 Å². The summed E-state index contributed by atoms with van der Waals surface area (Å²) in [4.78, 5) is 14.3. The predicted molar refractivity (Wildman–Crippen MR) is 92.0 cm³/mol. The second-order valence-corrected chi connectivity index (χ2v) is 9.19. The highest BCUT2D eigenvalue weighted by atomic mass is 32.2. The lowest BCUT2D eigenvalue weighted by Gasteiger charge is -2.30. The van der Waals surface area contributed by atoms with Gasteiger partial charge in [0.25, 0.3) is 10.0 Å². The van der Waals surface area contributed by atoms with Crippen molar-refractivity contribution in [3.05, 3.63) is 17.5 Å². The summed E-state index contributed by atoms with van der Waals surface area (Å²) in [6.45, 7) is 2.32. The van der Waals surface area contributed by atoms with Crippen LogP contribution in [0.25, 0.3) is 0 Å². The Morgan fingerprint density at radius 2 is 2.26 bits per heavy atom. The zero-order chi connectivity index (χ0) is 16.9. The van der Waals surface area contributed by atoms with Crippen LogP contribution in [-0.4, -0.2) is 63.8 Å². The molecule has 0 saturated carbocycles. The fourth-order valence-corrected chi connectivity index (χ4v) is 5.33. The summed E-state index contributed by atoms with van der Waals surface area (Å²) in [5, 5.41) is 4.69. The second-order valence-electron chi connectivity index (χ2n) is 6.08. The third kappa shape index (κ3) is 5.00. The Balaban J connectivity index is 1.89. The van der Waals surface area contributed by atoms with Gasteiger partial charge in [0.2, 0.25) is 5.91 Å². The van der Waals surface area contributed by atoms with Crippen molar-refractivity contribution < 1.29 is 13.2 Å². The molecule has 130 valence electrons. The van der Waals surface area contributed by atoms with Crippen LogP contribution in [0.5, 0.6) is 0 Å². The van der Waals surface area contributed by atoms with Gasteiger partial charge in [-0.2, -0.15) is 4.31 Å². The lowest BCUT2D eigenvalue weighted by atomic mass is 9.99. The quantitative estimate of drug-likeness (QED) is 0.743. The van der Waals surface area contributed by atoms with E-state index in [-0.39, 0.29) is 18.4 Å². The Morgan fingerprint density at radius 1 is 1.48 bits per heavy atom. The van der Waals surface area contributed by atoms with Gasteiger partial charge >= 0.3 is 0 Å². The van der Waals surface area contributed by atoms with Gasteiger partial charge in [0.05, 0.1) is 5.92 Å². The average Bonchev–Trinajstić information content (AvgIpc) is 3.06. The van der Waals surface area contributed by atoms with E-state index in [1.54, 1.807) is 17.5 Å². The molecule has 1 amide bonds. The van der Waals surface area contributed by atoms with E-state index in [0.717, 1.165) is 25.8 Å². The maximum absolute atomic E-state index is 12.6. The minimum absolute atomic E-state index is 0.0326. The molecule has 0 aromatic carbocycles. The molecule has 0 radical (unpaired) electrons.